The van der Waals surface area contributed by atoms with Crippen LogP contribution in [0.5, 0.6) is 11.5 Å². The molecular weight excluding hydrogens is 418 g/mol. The number of hydrogen-bond donors (Lipinski definition) is 1. The van der Waals surface area contributed by atoms with Gasteiger partial charge in [0, 0.05) is 21.2 Å². The molecular formula is C24H24ClNO3S. The van der Waals surface area contributed by atoms with E-state index in [-0.39, 0.29) is 11.9 Å². The van der Waals surface area contributed by atoms with Crippen LogP contribution in [0, 0.1) is 0 Å². The Hall–Kier alpha value is -2.63. The van der Waals surface area contributed by atoms with Gasteiger partial charge in [-0.05, 0) is 66.6 Å². The molecule has 0 saturated heterocycles. The number of amides is 1. The van der Waals surface area contributed by atoms with Gasteiger partial charge in [-0.1, -0.05) is 29.8 Å². The maximum atomic E-state index is 12.6. The summed E-state index contributed by atoms with van der Waals surface area (Å²) in [5.74, 6) is 2.01. The lowest BCUT2D eigenvalue weighted by molar-refractivity contribution is 0.0940. The summed E-state index contributed by atoms with van der Waals surface area (Å²) >= 11 is 7.65. The Morgan fingerprint density at radius 1 is 0.967 bits per heavy atom. The number of hydrogen-bond acceptors (Lipinski definition) is 4. The summed E-state index contributed by atoms with van der Waals surface area (Å²) in [6, 6.07) is 20.9. The van der Waals surface area contributed by atoms with Crippen molar-refractivity contribution in [3.05, 3.63) is 88.4 Å². The Balaban J connectivity index is 1.59. The van der Waals surface area contributed by atoms with Gasteiger partial charge in [0.25, 0.3) is 5.91 Å². The average Bonchev–Trinajstić information content (AvgIpc) is 2.78. The van der Waals surface area contributed by atoms with Crippen LogP contribution in [0.15, 0.2) is 71.6 Å². The van der Waals surface area contributed by atoms with E-state index in [9.17, 15) is 4.79 Å². The Morgan fingerprint density at radius 2 is 1.63 bits per heavy atom. The van der Waals surface area contributed by atoms with Gasteiger partial charge < -0.3 is 14.8 Å². The van der Waals surface area contributed by atoms with Crippen LogP contribution in [-0.2, 0) is 5.75 Å². The van der Waals surface area contributed by atoms with Crippen LogP contribution in [-0.4, -0.2) is 20.1 Å². The number of nitrogens with one attached hydrogen (secondary N) is 1. The van der Waals surface area contributed by atoms with E-state index in [1.165, 1.54) is 0 Å². The van der Waals surface area contributed by atoms with Crippen LogP contribution in [0.4, 0.5) is 0 Å². The van der Waals surface area contributed by atoms with E-state index in [0.717, 1.165) is 26.8 Å². The second-order valence-corrected chi connectivity index (χ2v) is 8.23. The Labute approximate surface area is 186 Å². The fourth-order valence-corrected chi connectivity index (χ4v) is 3.92. The third-order valence-electron chi connectivity index (χ3n) is 4.69. The van der Waals surface area contributed by atoms with E-state index >= 15 is 0 Å². The minimum absolute atomic E-state index is 0.116. The highest BCUT2D eigenvalue weighted by Gasteiger charge is 2.14. The van der Waals surface area contributed by atoms with E-state index in [0.29, 0.717) is 17.1 Å². The summed E-state index contributed by atoms with van der Waals surface area (Å²) in [4.78, 5) is 13.8. The van der Waals surface area contributed by atoms with E-state index in [4.69, 9.17) is 21.1 Å². The number of carbonyl (C=O) groups is 1. The maximum absolute atomic E-state index is 12.6. The van der Waals surface area contributed by atoms with Gasteiger partial charge in [-0.25, -0.2) is 0 Å². The minimum atomic E-state index is -0.169. The number of thioether (sulfide) groups is 1. The zero-order valence-electron chi connectivity index (χ0n) is 17.1. The van der Waals surface area contributed by atoms with Gasteiger partial charge in [0.15, 0.2) is 11.5 Å². The quantitative estimate of drug-likeness (QED) is 0.426. The average molecular weight is 442 g/mol. The molecule has 3 aromatic carbocycles. The first-order valence-electron chi connectivity index (χ1n) is 9.50. The van der Waals surface area contributed by atoms with Crippen molar-refractivity contribution in [2.24, 2.45) is 0 Å². The second kappa shape index (κ2) is 10.4. The van der Waals surface area contributed by atoms with E-state index < -0.39 is 0 Å². The molecule has 0 aliphatic carbocycles. The lowest BCUT2D eigenvalue weighted by Crippen LogP contribution is -2.26. The van der Waals surface area contributed by atoms with Crippen LogP contribution >= 0.6 is 23.4 Å². The SMILES string of the molecule is COc1ccc([C@H](C)NC(=O)c2ccc(CSc3ccc(Cl)cc3)cc2)cc1OC. The first-order valence-corrected chi connectivity index (χ1v) is 10.9. The molecule has 156 valence electrons. The molecule has 0 unspecified atom stereocenters. The van der Waals surface area contributed by atoms with Crippen molar-refractivity contribution in [2.75, 3.05) is 14.2 Å². The van der Waals surface area contributed by atoms with Gasteiger partial charge in [-0.2, -0.15) is 0 Å². The molecule has 30 heavy (non-hydrogen) atoms. The zero-order chi connectivity index (χ0) is 21.5. The number of methoxy groups -OCH3 is 2. The largest absolute Gasteiger partial charge is 0.493 e. The number of rotatable bonds is 8. The summed E-state index contributed by atoms with van der Waals surface area (Å²) in [5.41, 5.74) is 2.72. The summed E-state index contributed by atoms with van der Waals surface area (Å²) in [6.07, 6.45) is 0. The first kappa shape index (κ1) is 22.1. The summed E-state index contributed by atoms with van der Waals surface area (Å²) in [7, 11) is 3.19. The van der Waals surface area contributed by atoms with Crippen LogP contribution in [0.3, 0.4) is 0 Å². The van der Waals surface area contributed by atoms with Crippen LogP contribution in [0.25, 0.3) is 0 Å². The third-order valence-corrected chi connectivity index (χ3v) is 6.03. The van der Waals surface area contributed by atoms with Crippen molar-refractivity contribution >= 4 is 29.3 Å². The van der Waals surface area contributed by atoms with Gasteiger partial charge in [-0.15, -0.1) is 11.8 Å². The molecule has 0 aliphatic heterocycles. The lowest BCUT2D eigenvalue weighted by Gasteiger charge is -2.16. The Morgan fingerprint density at radius 3 is 2.27 bits per heavy atom. The smallest absolute Gasteiger partial charge is 0.251 e. The summed E-state index contributed by atoms with van der Waals surface area (Å²) in [6.45, 7) is 1.94. The molecule has 4 nitrogen and oxygen atoms in total. The monoisotopic (exact) mass is 441 g/mol. The molecule has 1 N–H and O–H groups in total. The van der Waals surface area contributed by atoms with Crippen LogP contribution in [0.2, 0.25) is 5.02 Å². The van der Waals surface area contributed by atoms with E-state index in [1.54, 1.807) is 26.0 Å². The molecule has 0 saturated carbocycles. The molecule has 0 fully saturated rings. The first-order chi connectivity index (χ1) is 14.5. The van der Waals surface area contributed by atoms with Gasteiger partial charge >= 0.3 is 0 Å². The fourth-order valence-electron chi connectivity index (χ4n) is 2.94. The molecule has 1 atom stereocenters. The van der Waals surface area contributed by atoms with Gasteiger partial charge in [-0.3, -0.25) is 4.79 Å². The molecule has 0 aromatic heterocycles. The van der Waals surface area contributed by atoms with Crippen LogP contribution < -0.4 is 14.8 Å². The molecule has 3 aromatic rings. The van der Waals surface area contributed by atoms with Crippen molar-refractivity contribution in [3.63, 3.8) is 0 Å². The fraction of sp³-hybridized carbons (Fsp3) is 0.208. The lowest BCUT2D eigenvalue weighted by atomic mass is 10.1. The molecule has 3 rings (SSSR count). The molecule has 6 heteroatoms. The predicted octanol–water partition coefficient (Wildman–Crippen LogP) is 6.14. The Bertz CT molecular complexity index is 990. The van der Waals surface area contributed by atoms with Gasteiger partial charge in [0.05, 0.1) is 20.3 Å². The van der Waals surface area contributed by atoms with Gasteiger partial charge in [0.2, 0.25) is 0 Å². The van der Waals surface area contributed by atoms with Crippen molar-refractivity contribution in [2.45, 2.75) is 23.6 Å². The maximum Gasteiger partial charge on any atom is 0.251 e. The number of halogens is 1. The molecule has 0 spiro atoms. The Kier molecular flexibility index (Phi) is 7.66. The van der Waals surface area contributed by atoms with Crippen LogP contribution in [0.1, 0.15) is 34.5 Å². The zero-order valence-corrected chi connectivity index (χ0v) is 18.7. The van der Waals surface area contributed by atoms with Gasteiger partial charge in [0.1, 0.15) is 0 Å². The molecule has 0 aliphatic rings. The summed E-state index contributed by atoms with van der Waals surface area (Å²) < 4.78 is 10.6. The highest BCUT2D eigenvalue weighted by Crippen LogP contribution is 2.30. The molecule has 1 amide bonds. The summed E-state index contributed by atoms with van der Waals surface area (Å²) in [5, 5.41) is 3.76. The molecule has 0 radical (unpaired) electrons. The number of ether oxygens (including phenoxy) is 2. The third kappa shape index (κ3) is 5.71. The molecule has 0 heterocycles. The van der Waals surface area contributed by atoms with Crippen molar-refractivity contribution < 1.29 is 14.3 Å². The van der Waals surface area contributed by atoms with Crippen molar-refractivity contribution in [1.29, 1.82) is 0 Å². The number of carbonyl (C=O) groups excluding carboxylic acids is 1. The van der Waals surface area contributed by atoms with Crippen molar-refractivity contribution in [1.82, 2.24) is 5.32 Å². The minimum Gasteiger partial charge on any atom is -0.493 e. The highest BCUT2D eigenvalue weighted by molar-refractivity contribution is 7.98. The second-order valence-electron chi connectivity index (χ2n) is 6.75. The highest BCUT2D eigenvalue weighted by atomic mass is 35.5. The topological polar surface area (TPSA) is 47.6 Å². The van der Waals surface area contributed by atoms with E-state index in [1.807, 2.05) is 73.7 Å². The van der Waals surface area contributed by atoms with E-state index in [2.05, 4.69) is 5.32 Å². The number of benzene rings is 3. The standard InChI is InChI=1S/C24H24ClNO3S/c1-16(19-8-13-22(28-2)23(14-19)29-3)26-24(27)18-6-4-17(5-7-18)15-30-21-11-9-20(25)10-12-21/h4-14,16H,15H2,1-3H3,(H,26,27)/t16-/m0/s1. The normalized spacial score (nSPS) is 11.6. The predicted molar refractivity (Wildman–Crippen MR) is 123 cm³/mol. The molecule has 0 bridgehead atoms. The van der Waals surface area contributed by atoms with Crippen molar-refractivity contribution in [3.8, 4) is 11.5 Å².